The SMILES string of the molecule is CCC(=NNC(=O)C(O)c1ccccc1)c1ccccc1. The molecule has 21 heavy (non-hydrogen) atoms. The zero-order valence-electron chi connectivity index (χ0n) is 11.9. The quantitative estimate of drug-likeness (QED) is 0.654. The highest BCUT2D eigenvalue weighted by atomic mass is 16.3. The van der Waals surface area contributed by atoms with Crippen molar-refractivity contribution < 1.29 is 9.90 Å². The molecule has 1 amide bonds. The molecule has 0 aromatic heterocycles. The summed E-state index contributed by atoms with van der Waals surface area (Å²) in [6.45, 7) is 1.96. The van der Waals surface area contributed by atoms with Gasteiger partial charge in [-0.2, -0.15) is 5.10 Å². The molecule has 0 aliphatic rings. The van der Waals surface area contributed by atoms with Gasteiger partial charge in [-0.15, -0.1) is 0 Å². The Balaban J connectivity index is 2.07. The molecule has 0 saturated carbocycles. The zero-order chi connectivity index (χ0) is 15.1. The second-order valence-electron chi connectivity index (χ2n) is 4.57. The summed E-state index contributed by atoms with van der Waals surface area (Å²) in [6, 6.07) is 18.4. The summed E-state index contributed by atoms with van der Waals surface area (Å²) >= 11 is 0. The van der Waals surface area contributed by atoms with E-state index >= 15 is 0 Å². The lowest BCUT2D eigenvalue weighted by Crippen LogP contribution is -2.26. The third-order valence-electron chi connectivity index (χ3n) is 3.11. The Morgan fingerprint density at radius 1 is 1.10 bits per heavy atom. The fraction of sp³-hybridized carbons (Fsp3) is 0.176. The summed E-state index contributed by atoms with van der Waals surface area (Å²) < 4.78 is 0. The van der Waals surface area contributed by atoms with Crippen LogP contribution >= 0.6 is 0 Å². The predicted octanol–water partition coefficient (Wildman–Crippen LogP) is 2.65. The van der Waals surface area contributed by atoms with Gasteiger partial charge >= 0.3 is 0 Å². The van der Waals surface area contributed by atoms with E-state index in [-0.39, 0.29) is 0 Å². The zero-order valence-corrected chi connectivity index (χ0v) is 11.9. The van der Waals surface area contributed by atoms with Crippen molar-refractivity contribution in [3.63, 3.8) is 0 Å². The van der Waals surface area contributed by atoms with E-state index in [2.05, 4.69) is 10.5 Å². The van der Waals surface area contributed by atoms with E-state index in [1.54, 1.807) is 24.3 Å². The molecule has 2 N–H and O–H groups in total. The molecule has 0 aliphatic heterocycles. The van der Waals surface area contributed by atoms with E-state index in [0.29, 0.717) is 12.0 Å². The van der Waals surface area contributed by atoms with Crippen LogP contribution in [0.1, 0.15) is 30.6 Å². The minimum absolute atomic E-state index is 0.539. The Hall–Kier alpha value is -2.46. The Bertz CT molecular complexity index is 609. The Kier molecular flexibility index (Phi) is 5.23. The standard InChI is InChI=1S/C17H18N2O2/c1-2-15(13-9-5-3-6-10-13)18-19-17(21)16(20)14-11-7-4-8-12-14/h3-12,16,20H,2H2,1H3,(H,19,21). The summed E-state index contributed by atoms with van der Waals surface area (Å²) in [7, 11) is 0. The first kappa shape index (κ1) is 14.9. The lowest BCUT2D eigenvalue weighted by Gasteiger charge is -2.10. The number of hydrogen-bond donors (Lipinski definition) is 2. The number of aliphatic hydroxyl groups excluding tert-OH is 1. The molecule has 2 rings (SSSR count). The summed E-state index contributed by atoms with van der Waals surface area (Å²) in [5.41, 5.74) is 4.69. The first-order chi connectivity index (χ1) is 10.2. The lowest BCUT2D eigenvalue weighted by molar-refractivity contribution is -0.129. The average molecular weight is 282 g/mol. The molecule has 4 heteroatoms. The monoisotopic (exact) mass is 282 g/mol. The highest BCUT2D eigenvalue weighted by Gasteiger charge is 2.16. The van der Waals surface area contributed by atoms with E-state index in [1.807, 2.05) is 43.3 Å². The molecule has 0 aliphatic carbocycles. The minimum Gasteiger partial charge on any atom is -0.378 e. The third kappa shape index (κ3) is 4.00. The minimum atomic E-state index is -1.22. The summed E-state index contributed by atoms with van der Waals surface area (Å²) in [4.78, 5) is 11.9. The van der Waals surface area contributed by atoms with Crippen molar-refractivity contribution in [3.05, 3.63) is 71.8 Å². The van der Waals surface area contributed by atoms with Crippen molar-refractivity contribution in [3.8, 4) is 0 Å². The van der Waals surface area contributed by atoms with Crippen LogP contribution in [-0.2, 0) is 4.79 Å². The van der Waals surface area contributed by atoms with Crippen LogP contribution in [0.3, 0.4) is 0 Å². The maximum atomic E-state index is 11.9. The molecule has 0 spiro atoms. The Morgan fingerprint density at radius 3 is 2.24 bits per heavy atom. The maximum Gasteiger partial charge on any atom is 0.273 e. The van der Waals surface area contributed by atoms with Crippen molar-refractivity contribution in [1.82, 2.24) is 5.43 Å². The van der Waals surface area contributed by atoms with Crippen LogP contribution in [0.25, 0.3) is 0 Å². The van der Waals surface area contributed by atoms with Crippen LogP contribution in [0.2, 0.25) is 0 Å². The van der Waals surface area contributed by atoms with E-state index in [9.17, 15) is 9.90 Å². The second kappa shape index (κ2) is 7.36. The molecule has 1 atom stereocenters. The molecule has 0 heterocycles. The van der Waals surface area contributed by atoms with Crippen molar-refractivity contribution in [2.45, 2.75) is 19.4 Å². The molecule has 0 fully saturated rings. The van der Waals surface area contributed by atoms with Crippen LogP contribution in [0, 0.1) is 0 Å². The lowest BCUT2D eigenvalue weighted by atomic mass is 10.1. The van der Waals surface area contributed by atoms with Crippen LogP contribution < -0.4 is 5.43 Å². The number of nitrogens with one attached hydrogen (secondary N) is 1. The number of rotatable bonds is 5. The van der Waals surface area contributed by atoms with Gasteiger partial charge in [0.2, 0.25) is 0 Å². The van der Waals surface area contributed by atoms with Gasteiger partial charge in [-0.1, -0.05) is 67.6 Å². The largest absolute Gasteiger partial charge is 0.378 e. The van der Waals surface area contributed by atoms with E-state index in [4.69, 9.17) is 0 Å². The number of hydrogen-bond acceptors (Lipinski definition) is 3. The van der Waals surface area contributed by atoms with Gasteiger partial charge in [-0.05, 0) is 17.5 Å². The molecule has 108 valence electrons. The van der Waals surface area contributed by atoms with Crippen LogP contribution in [-0.4, -0.2) is 16.7 Å². The second-order valence-corrected chi connectivity index (χ2v) is 4.57. The molecule has 0 radical (unpaired) electrons. The fourth-order valence-electron chi connectivity index (χ4n) is 1.95. The van der Waals surface area contributed by atoms with Crippen molar-refractivity contribution in [1.29, 1.82) is 0 Å². The number of aliphatic hydroxyl groups is 1. The Labute approximate surface area is 124 Å². The van der Waals surface area contributed by atoms with E-state index in [1.165, 1.54) is 0 Å². The highest BCUT2D eigenvalue weighted by molar-refractivity contribution is 6.01. The van der Waals surface area contributed by atoms with E-state index < -0.39 is 12.0 Å². The molecule has 2 aromatic rings. The molecular weight excluding hydrogens is 264 g/mol. The van der Waals surface area contributed by atoms with Gasteiger partial charge in [0.05, 0.1) is 5.71 Å². The Morgan fingerprint density at radius 2 is 1.67 bits per heavy atom. The normalized spacial score (nSPS) is 12.8. The van der Waals surface area contributed by atoms with Crippen molar-refractivity contribution >= 4 is 11.6 Å². The number of hydrazone groups is 1. The number of carbonyl (C=O) groups excluding carboxylic acids is 1. The number of amides is 1. The van der Waals surface area contributed by atoms with Gasteiger partial charge in [-0.25, -0.2) is 5.43 Å². The maximum absolute atomic E-state index is 11.9. The number of nitrogens with zero attached hydrogens (tertiary/aromatic N) is 1. The van der Waals surface area contributed by atoms with Gasteiger partial charge in [0.15, 0.2) is 6.10 Å². The average Bonchev–Trinajstić information content (AvgIpc) is 2.56. The van der Waals surface area contributed by atoms with Gasteiger partial charge in [0.1, 0.15) is 0 Å². The molecular formula is C17H18N2O2. The molecule has 0 bridgehead atoms. The summed E-state index contributed by atoms with van der Waals surface area (Å²) in [5.74, 6) is -0.539. The van der Waals surface area contributed by atoms with Crippen molar-refractivity contribution in [2.24, 2.45) is 5.10 Å². The van der Waals surface area contributed by atoms with Crippen LogP contribution in [0.4, 0.5) is 0 Å². The molecule has 2 aromatic carbocycles. The fourth-order valence-corrected chi connectivity index (χ4v) is 1.95. The number of benzene rings is 2. The van der Waals surface area contributed by atoms with Gasteiger partial charge in [0.25, 0.3) is 5.91 Å². The van der Waals surface area contributed by atoms with Crippen molar-refractivity contribution in [2.75, 3.05) is 0 Å². The third-order valence-corrected chi connectivity index (χ3v) is 3.11. The highest BCUT2D eigenvalue weighted by Crippen LogP contribution is 2.12. The molecule has 1 unspecified atom stereocenters. The van der Waals surface area contributed by atoms with Gasteiger partial charge in [-0.3, -0.25) is 4.79 Å². The summed E-state index contributed by atoms with van der Waals surface area (Å²) in [6.07, 6.45) is -0.532. The topological polar surface area (TPSA) is 61.7 Å². The summed E-state index contributed by atoms with van der Waals surface area (Å²) in [5, 5.41) is 14.1. The first-order valence-electron chi connectivity index (χ1n) is 6.87. The molecule has 0 saturated heterocycles. The number of carbonyl (C=O) groups is 1. The van der Waals surface area contributed by atoms with Crippen LogP contribution in [0.5, 0.6) is 0 Å². The first-order valence-corrected chi connectivity index (χ1v) is 6.87. The van der Waals surface area contributed by atoms with Gasteiger partial charge in [0, 0.05) is 0 Å². The predicted molar refractivity (Wildman–Crippen MR) is 82.8 cm³/mol. The van der Waals surface area contributed by atoms with E-state index in [0.717, 1.165) is 11.3 Å². The smallest absolute Gasteiger partial charge is 0.273 e. The van der Waals surface area contributed by atoms with Gasteiger partial charge < -0.3 is 5.11 Å². The molecule has 4 nitrogen and oxygen atoms in total. The van der Waals surface area contributed by atoms with Crippen LogP contribution in [0.15, 0.2) is 65.8 Å².